The highest BCUT2D eigenvalue weighted by molar-refractivity contribution is 9.10. The van der Waals surface area contributed by atoms with Crippen LogP contribution in [-0.2, 0) is 0 Å². The summed E-state index contributed by atoms with van der Waals surface area (Å²) in [6.07, 6.45) is 0. The number of amides is 2. The van der Waals surface area contributed by atoms with Gasteiger partial charge in [-0.15, -0.1) is 0 Å². The molecule has 3 N–H and O–H groups in total. The van der Waals surface area contributed by atoms with Gasteiger partial charge in [0.15, 0.2) is 0 Å². The molecule has 2 aromatic carbocycles. The molecule has 108 valence electrons. The van der Waals surface area contributed by atoms with E-state index >= 15 is 0 Å². The number of rotatable bonds is 4. The predicted molar refractivity (Wildman–Crippen MR) is 85.0 cm³/mol. The lowest BCUT2D eigenvalue weighted by atomic mass is 10.1. The fourth-order valence-electron chi connectivity index (χ4n) is 1.97. The molecule has 2 amide bonds. The SMILES string of the molecule is CC(NC(=O)c1ccc(C(N)=O)cc1)c1ccccc1Br. The van der Waals surface area contributed by atoms with Crippen LogP contribution >= 0.6 is 15.9 Å². The van der Waals surface area contributed by atoms with Crippen LogP contribution < -0.4 is 11.1 Å². The molecule has 4 nitrogen and oxygen atoms in total. The lowest BCUT2D eigenvalue weighted by molar-refractivity contribution is 0.0937. The number of carbonyl (C=O) groups is 2. The minimum absolute atomic E-state index is 0.135. The van der Waals surface area contributed by atoms with E-state index < -0.39 is 5.91 Å². The standard InChI is InChI=1S/C16H15BrN2O2/c1-10(13-4-2-3-5-14(13)17)19-16(21)12-8-6-11(7-9-12)15(18)20/h2-10H,1H3,(H2,18,20)(H,19,21). The van der Waals surface area contributed by atoms with Crippen molar-refractivity contribution < 1.29 is 9.59 Å². The fourth-order valence-corrected chi connectivity index (χ4v) is 2.60. The van der Waals surface area contributed by atoms with Gasteiger partial charge in [0.1, 0.15) is 0 Å². The van der Waals surface area contributed by atoms with Crippen LogP contribution in [0, 0.1) is 0 Å². The van der Waals surface area contributed by atoms with Crippen molar-refractivity contribution in [3.8, 4) is 0 Å². The summed E-state index contributed by atoms with van der Waals surface area (Å²) in [7, 11) is 0. The average molecular weight is 347 g/mol. The Bertz CT molecular complexity index is 668. The normalized spacial score (nSPS) is 11.7. The largest absolute Gasteiger partial charge is 0.366 e. The second-order valence-corrected chi connectivity index (χ2v) is 5.51. The minimum Gasteiger partial charge on any atom is -0.366 e. The molecule has 0 aliphatic carbocycles. The Labute approximate surface area is 131 Å². The Kier molecular flexibility index (Phi) is 4.75. The van der Waals surface area contributed by atoms with Gasteiger partial charge in [0.05, 0.1) is 6.04 Å². The first kappa shape index (κ1) is 15.3. The molecule has 5 heteroatoms. The quantitative estimate of drug-likeness (QED) is 0.892. The molecule has 0 spiro atoms. The number of nitrogens with one attached hydrogen (secondary N) is 1. The molecule has 0 aliphatic rings. The molecular formula is C16H15BrN2O2. The average Bonchev–Trinajstić information content (AvgIpc) is 2.47. The number of nitrogens with two attached hydrogens (primary N) is 1. The Morgan fingerprint density at radius 3 is 2.19 bits per heavy atom. The van der Waals surface area contributed by atoms with E-state index in [-0.39, 0.29) is 11.9 Å². The van der Waals surface area contributed by atoms with Crippen LogP contribution in [0.25, 0.3) is 0 Å². The number of hydrogen-bond acceptors (Lipinski definition) is 2. The van der Waals surface area contributed by atoms with E-state index in [1.54, 1.807) is 24.3 Å². The summed E-state index contributed by atoms with van der Waals surface area (Å²) in [6.45, 7) is 1.91. The molecule has 0 saturated heterocycles. The first-order valence-electron chi connectivity index (χ1n) is 6.44. The smallest absolute Gasteiger partial charge is 0.251 e. The molecule has 1 atom stereocenters. The Morgan fingerprint density at radius 2 is 1.62 bits per heavy atom. The molecule has 1 unspecified atom stereocenters. The monoisotopic (exact) mass is 346 g/mol. The van der Waals surface area contributed by atoms with Crippen LogP contribution in [0.15, 0.2) is 53.0 Å². The fraction of sp³-hybridized carbons (Fsp3) is 0.125. The predicted octanol–water partition coefficient (Wildman–Crippen LogP) is 3.04. The van der Waals surface area contributed by atoms with Gasteiger partial charge in [-0.05, 0) is 42.8 Å². The maximum atomic E-state index is 12.2. The molecule has 2 aromatic rings. The topological polar surface area (TPSA) is 72.2 Å². The van der Waals surface area contributed by atoms with Crippen molar-refractivity contribution in [3.05, 3.63) is 69.7 Å². The molecule has 0 aromatic heterocycles. The van der Waals surface area contributed by atoms with Gasteiger partial charge < -0.3 is 11.1 Å². The highest BCUT2D eigenvalue weighted by atomic mass is 79.9. The van der Waals surface area contributed by atoms with Gasteiger partial charge in [-0.2, -0.15) is 0 Å². The summed E-state index contributed by atoms with van der Waals surface area (Å²) in [5.74, 6) is -0.710. The molecule has 0 saturated carbocycles. The Balaban J connectivity index is 2.11. The number of primary amides is 1. The molecule has 0 heterocycles. The van der Waals surface area contributed by atoms with E-state index in [0.717, 1.165) is 10.0 Å². The zero-order chi connectivity index (χ0) is 15.4. The third kappa shape index (κ3) is 3.70. The van der Waals surface area contributed by atoms with Crippen LogP contribution in [0.1, 0.15) is 39.2 Å². The summed E-state index contributed by atoms with van der Waals surface area (Å²) >= 11 is 3.47. The van der Waals surface area contributed by atoms with Crippen LogP contribution in [0.5, 0.6) is 0 Å². The van der Waals surface area contributed by atoms with Crippen LogP contribution in [-0.4, -0.2) is 11.8 Å². The van der Waals surface area contributed by atoms with Gasteiger partial charge in [0.25, 0.3) is 5.91 Å². The van der Waals surface area contributed by atoms with Gasteiger partial charge in [0.2, 0.25) is 5.91 Å². The number of halogens is 1. The van der Waals surface area contributed by atoms with Gasteiger partial charge in [-0.1, -0.05) is 34.1 Å². The van der Waals surface area contributed by atoms with E-state index in [1.807, 2.05) is 31.2 Å². The maximum absolute atomic E-state index is 12.2. The van der Waals surface area contributed by atoms with Gasteiger partial charge in [0, 0.05) is 15.6 Å². The second kappa shape index (κ2) is 6.54. The van der Waals surface area contributed by atoms with Crippen molar-refractivity contribution >= 4 is 27.7 Å². The maximum Gasteiger partial charge on any atom is 0.251 e. The summed E-state index contributed by atoms with van der Waals surface area (Å²) in [4.78, 5) is 23.2. The zero-order valence-electron chi connectivity index (χ0n) is 11.5. The summed E-state index contributed by atoms with van der Waals surface area (Å²) in [5.41, 5.74) is 7.03. The van der Waals surface area contributed by atoms with Crippen molar-refractivity contribution in [2.45, 2.75) is 13.0 Å². The van der Waals surface area contributed by atoms with E-state index in [4.69, 9.17) is 5.73 Å². The van der Waals surface area contributed by atoms with Crippen LogP contribution in [0.4, 0.5) is 0 Å². The summed E-state index contributed by atoms with van der Waals surface area (Å²) in [5, 5.41) is 2.92. The second-order valence-electron chi connectivity index (χ2n) is 4.66. The molecule has 0 radical (unpaired) electrons. The number of carbonyl (C=O) groups excluding carboxylic acids is 2. The van der Waals surface area contributed by atoms with Crippen LogP contribution in [0.3, 0.4) is 0 Å². The molecule has 21 heavy (non-hydrogen) atoms. The number of hydrogen-bond donors (Lipinski definition) is 2. The highest BCUT2D eigenvalue weighted by Gasteiger charge is 2.13. The van der Waals surface area contributed by atoms with E-state index in [0.29, 0.717) is 11.1 Å². The molecule has 2 rings (SSSR count). The third-order valence-electron chi connectivity index (χ3n) is 3.15. The minimum atomic E-state index is -0.511. The Hall–Kier alpha value is -2.14. The zero-order valence-corrected chi connectivity index (χ0v) is 13.1. The van der Waals surface area contributed by atoms with Crippen molar-refractivity contribution in [1.82, 2.24) is 5.32 Å². The van der Waals surface area contributed by atoms with Gasteiger partial charge in [-0.25, -0.2) is 0 Å². The van der Waals surface area contributed by atoms with E-state index in [2.05, 4.69) is 21.2 Å². The highest BCUT2D eigenvalue weighted by Crippen LogP contribution is 2.23. The molecule has 0 aliphatic heterocycles. The van der Waals surface area contributed by atoms with Gasteiger partial charge >= 0.3 is 0 Å². The molecule has 0 bridgehead atoms. The van der Waals surface area contributed by atoms with E-state index in [1.165, 1.54) is 0 Å². The van der Waals surface area contributed by atoms with Gasteiger partial charge in [-0.3, -0.25) is 9.59 Å². The summed E-state index contributed by atoms with van der Waals surface area (Å²) < 4.78 is 0.946. The molecular weight excluding hydrogens is 332 g/mol. The van der Waals surface area contributed by atoms with Crippen molar-refractivity contribution in [2.24, 2.45) is 5.73 Å². The number of benzene rings is 2. The lowest BCUT2D eigenvalue weighted by Crippen LogP contribution is -2.27. The molecule has 0 fully saturated rings. The van der Waals surface area contributed by atoms with Crippen molar-refractivity contribution in [2.75, 3.05) is 0 Å². The van der Waals surface area contributed by atoms with Crippen molar-refractivity contribution in [1.29, 1.82) is 0 Å². The third-order valence-corrected chi connectivity index (χ3v) is 3.87. The Morgan fingerprint density at radius 1 is 1.05 bits per heavy atom. The lowest BCUT2D eigenvalue weighted by Gasteiger charge is -2.16. The van der Waals surface area contributed by atoms with Crippen LogP contribution in [0.2, 0.25) is 0 Å². The summed E-state index contributed by atoms with van der Waals surface area (Å²) in [6, 6.07) is 13.8. The van der Waals surface area contributed by atoms with Crippen molar-refractivity contribution in [3.63, 3.8) is 0 Å². The first-order valence-corrected chi connectivity index (χ1v) is 7.23. The first-order chi connectivity index (χ1) is 9.99. The van der Waals surface area contributed by atoms with E-state index in [9.17, 15) is 9.59 Å².